The summed E-state index contributed by atoms with van der Waals surface area (Å²) in [6.45, 7) is 2.18. The number of aryl methyl sites for hydroxylation is 1. The van der Waals surface area contributed by atoms with Crippen LogP contribution in [0.2, 0.25) is 0 Å². The van der Waals surface area contributed by atoms with Gasteiger partial charge in [-0.2, -0.15) is 0 Å². The van der Waals surface area contributed by atoms with Gasteiger partial charge in [-0.1, -0.05) is 39.0 Å². The molecule has 0 atom stereocenters. The van der Waals surface area contributed by atoms with Gasteiger partial charge in [-0.25, -0.2) is 9.97 Å². The van der Waals surface area contributed by atoms with Gasteiger partial charge in [0.1, 0.15) is 12.1 Å². The van der Waals surface area contributed by atoms with Gasteiger partial charge in [0.15, 0.2) is 0 Å². The fourth-order valence-electron chi connectivity index (χ4n) is 2.50. The van der Waals surface area contributed by atoms with Gasteiger partial charge in [-0.3, -0.25) is 0 Å². The fourth-order valence-corrected chi connectivity index (χ4v) is 2.50. The largest absolute Gasteiger partial charge is 0.367 e. The van der Waals surface area contributed by atoms with E-state index in [1.54, 1.807) is 6.33 Å². The molecule has 0 saturated heterocycles. The van der Waals surface area contributed by atoms with Gasteiger partial charge in [0.05, 0.1) is 0 Å². The van der Waals surface area contributed by atoms with E-state index in [1.807, 2.05) is 0 Å². The Hall–Kier alpha value is -1.12. The van der Waals surface area contributed by atoms with Crippen molar-refractivity contribution < 1.29 is 0 Å². The molecular formula is C14H23N3. The first kappa shape index (κ1) is 12.3. The quantitative estimate of drug-likeness (QED) is 0.808. The van der Waals surface area contributed by atoms with Crippen LogP contribution in [0.5, 0.6) is 0 Å². The van der Waals surface area contributed by atoms with Crippen molar-refractivity contribution in [2.45, 2.75) is 64.3 Å². The molecule has 1 aliphatic carbocycles. The summed E-state index contributed by atoms with van der Waals surface area (Å²) in [4.78, 5) is 8.61. The fraction of sp³-hybridized carbons (Fsp3) is 0.714. The lowest BCUT2D eigenvalue weighted by Crippen LogP contribution is -2.19. The maximum Gasteiger partial charge on any atom is 0.129 e. The molecule has 1 aliphatic rings. The topological polar surface area (TPSA) is 37.8 Å². The maximum atomic E-state index is 4.32. The number of nitrogens with one attached hydrogen (secondary N) is 1. The second kappa shape index (κ2) is 6.58. The van der Waals surface area contributed by atoms with Gasteiger partial charge in [0.25, 0.3) is 0 Å². The second-order valence-electron chi connectivity index (χ2n) is 4.98. The van der Waals surface area contributed by atoms with Crippen molar-refractivity contribution in [2.24, 2.45) is 0 Å². The first-order chi connectivity index (χ1) is 8.38. The highest BCUT2D eigenvalue weighted by Crippen LogP contribution is 2.20. The molecule has 0 aliphatic heterocycles. The third-order valence-electron chi connectivity index (χ3n) is 3.44. The number of aromatic nitrogens is 2. The predicted octanol–water partition coefficient (Wildman–Crippen LogP) is 3.56. The first-order valence-electron chi connectivity index (χ1n) is 6.96. The molecule has 1 N–H and O–H groups in total. The zero-order chi connectivity index (χ0) is 11.9. The van der Waals surface area contributed by atoms with Crippen LogP contribution in [0.1, 0.15) is 57.6 Å². The van der Waals surface area contributed by atoms with Gasteiger partial charge in [0.2, 0.25) is 0 Å². The molecule has 2 rings (SSSR count). The lowest BCUT2D eigenvalue weighted by Gasteiger charge is -2.16. The molecule has 0 spiro atoms. The Labute approximate surface area is 104 Å². The molecule has 1 aromatic rings. The van der Waals surface area contributed by atoms with E-state index in [2.05, 4.69) is 28.3 Å². The van der Waals surface area contributed by atoms with Crippen molar-refractivity contribution in [3.8, 4) is 0 Å². The van der Waals surface area contributed by atoms with E-state index in [0.717, 1.165) is 24.4 Å². The van der Waals surface area contributed by atoms with E-state index in [1.165, 1.54) is 38.5 Å². The zero-order valence-corrected chi connectivity index (χ0v) is 10.8. The van der Waals surface area contributed by atoms with Crippen LogP contribution in [0, 0.1) is 0 Å². The summed E-state index contributed by atoms with van der Waals surface area (Å²) in [5.41, 5.74) is 1.15. The third-order valence-corrected chi connectivity index (χ3v) is 3.44. The Morgan fingerprint density at radius 2 is 1.94 bits per heavy atom. The van der Waals surface area contributed by atoms with Gasteiger partial charge in [0, 0.05) is 17.8 Å². The molecule has 1 saturated carbocycles. The van der Waals surface area contributed by atoms with Gasteiger partial charge in [-0.15, -0.1) is 0 Å². The summed E-state index contributed by atoms with van der Waals surface area (Å²) in [7, 11) is 0. The molecule has 0 radical (unpaired) electrons. The van der Waals surface area contributed by atoms with E-state index < -0.39 is 0 Å². The van der Waals surface area contributed by atoms with E-state index in [0.29, 0.717) is 6.04 Å². The highest BCUT2D eigenvalue weighted by Gasteiger charge is 2.12. The maximum absolute atomic E-state index is 4.32. The Morgan fingerprint density at radius 3 is 2.65 bits per heavy atom. The molecular weight excluding hydrogens is 210 g/mol. The molecule has 94 valence electrons. The summed E-state index contributed by atoms with van der Waals surface area (Å²) >= 11 is 0. The summed E-state index contributed by atoms with van der Waals surface area (Å²) in [6, 6.07) is 2.72. The van der Waals surface area contributed by atoms with Crippen LogP contribution in [0.15, 0.2) is 12.4 Å². The van der Waals surface area contributed by atoms with Crippen molar-refractivity contribution in [3.05, 3.63) is 18.1 Å². The summed E-state index contributed by atoms with van der Waals surface area (Å²) < 4.78 is 0. The predicted molar refractivity (Wildman–Crippen MR) is 71.1 cm³/mol. The minimum absolute atomic E-state index is 0.613. The molecule has 1 aromatic heterocycles. The molecule has 1 fully saturated rings. The second-order valence-corrected chi connectivity index (χ2v) is 4.98. The van der Waals surface area contributed by atoms with Crippen LogP contribution < -0.4 is 5.32 Å². The van der Waals surface area contributed by atoms with Crippen LogP contribution in [-0.4, -0.2) is 16.0 Å². The van der Waals surface area contributed by atoms with E-state index in [4.69, 9.17) is 0 Å². The molecule has 17 heavy (non-hydrogen) atoms. The first-order valence-corrected chi connectivity index (χ1v) is 6.96. The van der Waals surface area contributed by atoms with Crippen LogP contribution in [-0.2, 0) is 6.42 Å². The summed E-state index contributed by atoms with van der Waals surface area (Å²) in [5.74, 6) is 1.01. The van der Waals surface area contributed by atoms with Crippen molar-refractivity contribution in [1.82, 2.24) is 9.97 Å². The van der Waals surface area contributed by atoms with E-state index >= 15 is 0 Å². The highest BCUT2D eigenvalue weighted by molar-refractivity contribution is 5.36. The minimum atomic E-state index is 0.613. The van der Waals surface area contributed by atoms with E-state index in [9.17, 15) is 0 Å². The Bertz CT molecular complexity index is 330. The highest BCUT2D eigenvalue weighted by atomic mass is 15.0. The Kier molecular flexibility index (Phi) is 4.77. The SMILES string of the molecule is CCCc1cc(NC2CCCCCC2)ncn1. The van der Waals surface area contributed by atoms with Crippen LogP contribution in [0.4, 0.5) is 5.82 Å². The average Bonchev–Trinajstić information content (AvgIpc) is 2.59. The number of anilines is 1. The van der Waals surface area contributed by atoms with Crippen molar-refractivity contribution >= 4 is 5.82 Å². The number of rotatable bonds is 4. The van der Waals surface area contributed by atoms with Crippen molar-refractivity contribution in [3.63, 3.8) is 0 Å². The van der Waals surface area contributed by atoms with Crippen LogP contribution in [0.25, 0.3) is 0 Å². The lowest BCUT2D eigenvalue weighted by molar-refractivity contribution is 0.617. The molecule has 0 amide bonds. The summed E-state index contributed by atoms with van der Waals surface area (Å²) in [5, 5.41) is 3.57. The number of nitrogens with zero attached hydrogens (tertiary/aromatic N) is 2. The minimum Gasteiger partial charge on any atom is -0.367 e. The Balaban J connectivity index is 1.94. The number of hydrogen-bond donors (Lipinski definition) is 1. The van der Waals surface area contributed by atoms with Gasteiger partial charge in [-0.05, 0) is 19.3 Å². The van der Waals surface area contributed by atoms with Gasteiger partial charge >= 0.3 is 0 Å². The smallest absolute Gasteiger partial charge is 0.129 e. The summed E-state index contributed by atoms with van der Waals surface area (Å²) in [6.07, 6.45) is 11.9. The molecule has 1 heterocycles. The van der Waals surface area contributed by atoms with Gasteiger partial charge < -0.3 is 5.32 Å². The molecule has 3 nitrogen and oxygen atoms in total. The van der Waals surface area contributed by atoms with E-state index in [-0.39, 0.29) is 0 Å². The average molecular weight is 233 g/mol. The zero-order valence-electron chi connectivity index (χ0n) is 10.8. The molecule has 0 aromatic carbocycles. The molecule has 3 heteroatoms. The van der Waals surface area contributed by atoms with Crippen molar-refractivity contribution in [1.29, 1.82) is 0 Å². The lowest BCUT2D eigenvalue weighted by atomic mass is 10.1. The molecule has 0 unspecified atom stereocenters. The number of hydrogen-bond acceptors (Lipinski definition) is 3. The standard InChI is InChI=1S/C14H23N3/c1-2-7-13-10-14(16-11-15-13)17-12-8-5-3-4-6-9-12/h10-12H,2-9H2,1H3,(H,15,16,17). The van der Waals surface area contributed by atoms with Crippen LogP contribution >= 0.6 is 0 Å². The molecule has 0 bridgehead atoms. The monoisotopic (exact) mass is 233 g/mol. The third kappa shape index (κ3) is 3.99. The van der Waals surface area contributed by atoms with Crippen LogP contribution in [0.3, 0.4) is 0 Å². The van der Waals surface area contributed by atoms with Crippen molar-refractivity contribution in [2.75, 3.05) is 5.32 Å². The normalized spacial score (nSPS) is 17.7. The Morgan fingerprint density at radius 1 is 1.18 bits per heavy atom.